The molecule has 0 aromatic heterocycles. The lowest BCUT2D eigenvalue weighted by molar-refractivity contribution is -0.125. The maximum absolute atomic E-state index is 12.3. The van der Waals surface area contributed by atoms with Gasteiger partial charge in [0.2, 0.25) is 5.91 Å². The van der Waals surface area contributed by atoms with E-state index in [-0.39, 0.29) is 17.9 Å². The fourth-order valence-corrected chi connectivity index (χ4v) is 3.88. The minimum absolute atomic E-state index is 0.209. The molecule has 144 valence electrons. The Hall–Kier alpha value is -1.26. The molecule has 1 saturated carbocycles. The zero-order chi connectivity index (χ0) is 18.3. The molecular weight excluding hydrogens is 316 g/mol. The van der Waals surface area contributed by atoms with Gasteiger partial charge in [-0.2, -0.15) is 0 Å². The summed E-state index contributed by atoms with van der Waals surface area (Å²) < 4.78 is 5.48. The van der Waals surface area contributed by atoms with Crippen LogP contribution in [0.25, 0.3) is 0 Å². The number of hydrogen-bond donors (Lipinski definition) is 1. The summed E-state index contributed by atoms with van der Waals surface area (Å²) in [5, 5.41) is 3.14. The van der Waals surface area contributed by atoms with Crippen LogP contribution in [0.15, 0.2) is 0 Å². The minimum atomic E-state index is -0.448. The number of amides is 2. The monoisotopic (exact) mass is 352 g/mol. The Balaban J connectivity index is 1.69. The topological polar surface area (TPSA) is 58.6 Å². The molecule has 0 aromatic rings. The molecule has 1 unspecified atom stereocenters. The van der Waals surface area contributed by atoms with Crippen LogP contribution in [0.4, 0.5) is 4.79 Å². The van der Waals surface area contributed by atoms with Crippen LogP contribution in [-0.4, -0.2) is 42.1 Å². The minimum Gasteiger partial charge on any atom is -0.444 e. The van der Waals surface area contributed by atoms with Gasteiger partial charge in [-0.25, -0.2) is 4.79 Å². The normalized spacial score (nSPS) is 23.0. The molecule has 0 spiro atoms. The lowest BCUT2D eigenvalue weighted by Crippen LogP contribution is -2.43. The molecule has 1 atom stereocenters. The average Bonchev–Trinajstić information content (AvgIpc) is 2.83. The van der Waals surface area contributed by atoms with Crippen molar-refractivity contribution in [2.24, 2.45) is 11.8 Å². The van der Waals surface area contributed by atoms with Crippen molar-refractivity contribution in [3.63, 3.8) is 0 Å². The number of likely N-dealkylation sites (tertiary alicyclic amines) is 1. The average molecular weight is 353 g/mol. The van der Waals surface area contributed by atoms with Crippen molar-refractivity contribution in [3.05, 3.63) is 0 Å². The molecule has 5 heteroatoms. The Morgan fingerprint density at radius 2 is 1.72 bits per heavy atom. The van der Waals surface area contributed by atoms with Crippen molar-refractivity contribution < 1.29 is 14.3 Å². The molecule has 2 fully saturated rings. The molecule has 0 radical (unpaired) electrons. The van der Waals surface area contributed by atoms with E-state index in [1.54, 1.807) is 0 Å². The first-order chi connectivity index (χ1) is 11.8. The number of rotatable bonds is 4. The predicted octanol–water partition coefficient (Wildman–Crippen LogP) is 4.11. The molecule has 1 aliphatic heterocycles. The van der Waals surface area contributed by atoms with E-state index >= 15 is 0 Å². The first kappa shape index (κ1) is 20.1. The van der Waals surface area contributed by atoms with Crippen molar-refractivity contribution >= 4 is 12.0 Å². The van der Waals surface area contributed by atoms with E-state index in [0.717, 1.165) is 51.7 Å². The van der Waals surface area contributed by atoms with Gasteiger partial charge < -0.3 is 15.0 Å². The molecule has 2 rings (SSSR count). The molecule has 25 heavy (non-hydrogen) atoms. The van der Waals surface area contributed by atoms with E-state index in [4.69, 9.17) is 4.74 Å². The fourth-order valence-electron chi connectivity index (χ4n) is 3.88. The molecule has 1 saturated heterocycles. The van der Waals surface area contributed by atoms with Gasteiger partial charge in [-0.05, 0) is 58.8 Å². The van der Waals surface area contributed by atoms with Gasteiger partial charge in [0.1, 0.15) is 5.60 Å². The highest BCUT2D eigenvalue weighted by atomic mass is 16.6. The molecule has 5 nitrogen and oxygen atoms in total. The van der Waals surface area contributed by atoms with E-state index < -0.39 is 5.60 Å². The molecule has 1 N–H and O–H groups in total. The van der Waals surface area contributed by atoms with Gasteiger partial charge in [-0.3, -0.25) is 4.79 Å². The van der Waals surface area contributed by atoms with Gasteiger partial charge in [-0.15, -0.1) is 0 Å². The largest absolute Gasteiger partial charge is 0.444 e. The Kier molecular flexibility index (Phi) is 7.57. The van der Waals surface area contributed by atoms with Crippen molar-refractivity contribution in [2.45, 2.75) is 84.2 Å². The SMILES string of the molecule is CC(C)(C)OC(=O)N1CCCC(CCNC(=O)C2CCCCCC2)C1. The zero-order valence-corrected chi connectivity index (χ0v) is 16.3. The summed E-state index contributed by atoms with van der Waals surface area (Å²) in [5.41, 5.74) is -0.448. The first-order valence-corrected chi connectivity index (χ1v) is 10.1. The summed E-state index contributed by atoms with van der Waals surface area (Å²) in [5.74, 6) is 0.907. The number of carbonyl (C=O) groups is 2. The maximum Gasteiger partial charge on any atom is 0.410 e. The smallest absolute Gasteiger partial charge is 0.410 e. The van der Waals surface area contributed by atoms with E-state index in [1.807, 2.05) is 25.7 Å². The second-order valence-corrected chi connectivity index (χ2v) is 8.70. The number of hydrogen-bond acceptors (Lipinski definition) is 3. The summed E-state index contributed by atoms with van der Waals surface area (Å²) in [7, 11) is 0. The van der Waals surface area contributed by atoms with E-state index in [0.29, 0.717) is 5.92 Å². The second kappa shape index (κ2) is 9.44. The van der Waals surface area contributed by atoms with Crippen LogP contribution in [0.1, 0.15) is 78.6 Å². The van der Waals surface area contributed by atoms with Crippen molar-refractivity contribution in [1.82, 2.24) is 10.2 Å². The Labute approximate surface area is 152 Å². The van der Waals surface area contributed by atoms with Gasteiger partial charge in [0, 0.05) is 25.6 Å². The molecule has 0 aromatic carbocycles. The Bertz CT molecular complexity index is 437. The number of piperidine rings is 1. The van der Waals surface area contributed by atoms with Crippen molar-refractivity contribution in [2.75, 3.05) is 19.6 Å². The number of carbonyl (C=O) groups excluding carboxylic acids is 2. The van der Waals surface area contributed by atoms with Crippen molar-refractivity contribution in [3.8, 4) is 0 Å². The van der Waals surface area contributed by atoms with Gasteiger partial charge in [0.05, 0.1) is 0 Å². The number of ether oxygens (including phenoxy) is 1. The van der Waals surface area contributed by atoms with Crippen LogP contribution in [0, 0.1) is 11.8 Å². The van der Waals surface area contributed by atoms with Crippen LogP contribution >= 0.6 is 0 Å². The summed E-state index contributed by atoms with van der Waals surface area (Å²) in [4.78, 5) is 26.4. The summed E-state index contributed by atoms with van der Waals surface area (Å²) in [6, 6.07) is 0. The van der Waals surface area contributed by atoms with E-state index in [2.05, 4.69) is 5.32 Å². The van der Waals surface area contributed by atoms with Gasteiger partial charge in [-0.1, -0.05) is 25.7 Å². The number of nitrogens with one attached hydrogen (secondary N) is 1. The second-order valence-electron chi connectivity index (χ2n) is 8.70. The zero-order valence-electron chi connectivity index (χ0n) is 16.3. The molecular formula is C20H36N2O3. The quantitative estimate of drug-likeness (QED) is 0.775. The van der Waals surface area contributed by atoms with E-state index in [9.17, 15) is 9.59 Å². The van der Waals surface area contributed by atoms with Gasteiger partial charge in [0.15, 0.2) is 0 Å². The molecule has 1 aliphatic carbocycles. The Morgan fingerprint density at radius 1 is 1.04 bits per heavy atom. The third-order valence-corrected chi connectivity index (χ3v) is 5.25. The van der Waals surface area contributed by atoms with Crippen molar-refractivity contribution in [1.29, 1.82) is 0 Å². The van der Waals surface area contributed by atoms with Crippen LogP contribution < -0.4 is 5.32 Å². The van der Waals surface area contributed by atoms with Crippen LogP contribution in [0.2, 0.25) is 0 Å². The molecule has 1 heterocycles. The molecule has 2 aliphatic rings. The van der Waals surface area contributed by atoms with Crippen LogP contribution in [0.5, 0.6) is 0 Å². The predicted molar refractivity (Wildman–Crippen MR) is 99.3 cm³/mol. The van der Waals surface area contributed by atoms with Crippen LogP contribution in [-0.2, 0) is 9.53 Å². The highest BCUT2D eigenvalue weighted by Crippen LogP contribution is 2.24. The fraction of sp³-hybridized carbons (Fsp3) is 0.900. The van der Waals surface area contributed by atoms with E-state index in [1.165, 1.54) is 25.7 Å². The summed E-state index contributed by atoms with van der Waals surface area (Å²) in [6.45, 7) is 7.94. The lowest BCUT2D eigenvalue weighted by Gasteiger charge is -2.34. The maximum atomic E-state index is 12.3. The van der Waals surface area contributed by atoms with Crippen LogP contribution in [0.3, 0.4) is 0 Å². The van der Waals surface area contributed by atoms with Gasteiger partial charge in [0.25, 0.3) is 0 Å². The molecule has 0 bridgehead atoms. The first-order valence-electron chi connectivity index (χ1n) is 10.1. The highest BCUT2D eigenvalue weighted by Gasteiger charge is 2.27. The third kappa shape index (κ3) is 7.25. The summed E-state index contributed by atoms with van der Waals surface area (Å²) >= 11 is 0. The highest BCUT2D eigenvalue weighted by molar-refractivity contribution is 5.78. The third-order valence-electron chi connectivity index (χ3n) is 5.25. The Morgan fingerprint density at radius 3 is 2.36 bits per heavy atom. The lowest BCUT2D eigenvalue weighted by atomic mass is 9.94. The van der Waals surface area contributed by atoms with Gasteiger partial charge >= 0.3 is 6.09 Å². The number of nitrogens with zero attached hydrogens (tertiary/aromatic N) is 1. The standard InChI is InChI=1S/C20H36N2O3/c1-20(2,3)25-19(24)22-14-8-9-16(15-22)12-13-21-18(23)17-10-6-4-5-7-11-17/h16-17H,4-15H2,1-3H3,(H,21,23). The summed E-state index contributed by atoms with van der Waals surface area (Å²) in [6.07, 6.45) is 9.87. The molecule has 2 amide bonds.